The molecule has 0 heterocycles. The fourth-order valence-electron chi connectivity index (χ4n) is 8.62. The fraction of sp³-hybridized carbons (Fsp3) is 0.244. The molecule has 0 spiro atoms. The summed E-state index contributed by atoms with van der Waals surface area (Å²) in [7, 11) is 0. The van der Waals surface area contributed by atoms with Crippen LogP contribution < -0.4 is 9.47 Å². The molecule has 0 fully saturated rings. The van der Waals surface area contributed by atoms with E-state index in [9.17, 15) is 0 Å². The van der Waals surface area contributed by atoms with E-state index in [4.69, 9.17) is 9.47 Å². The Morgan fingerprint density at radius 2 is 1.09 bits per heavy atom. The Bertz CT molecular complexity index is 1930. The average Bonchev–Trinajstić information content (AvgIpc) is 3.58. The van der Waals surface area contributed by atoms with Crippen LogP contribution in [0.25, 0.3) is 16.7 Å². The van der Waals surface area contributed by atoms with Crippen LogP contribution in [0, 0.1) is 0 Å². The van der Waals surface area contributed by atoms with Crippen molar-refractivity contribution in [2.24, 2.45) is 0 Å². The Kier molecular flexibility index (Phi) is 7.60. The number of hydrogen-bond acceptors (Lipinski definition) is 2. The number of ether oxygens (including phenoxy) is 2. The van der Waals surface area contributed by atoms with Gasteiger partial charge in [-0.1, -0.05) is 116 Å². The third-order valence-corrected chi connectivity index (χ3v) is 11.0. The first-order valence-electron chi connectivity index (χ1n) is 17.3. The van der Waals surface area contributed by atoms with Crippen molar-refractivity contribution >= 4 is 5.57 Å². The van der Waals surface area contributed by atoms with Crippen LogP contribution in [-0.4, -0.2) is 13.2 Å². The Labute approximate surface area is 279 Å². The lowest BCUT2D eigenvalue weighted by Gasteiger charge is -2.34. The smallest absolute Gasteiger partial charge is 0.119 e. The number of allylic oxidation sites excluding steroid dienone is 4. The summed E-state index contributed by atoms with van der Waals surface area (Å²) in [6.45, 7) is 6.04. The van der Waals surface area contributed by atoms with Crippen LogP contribution in [0.15, 0.2) is 139 Å². The zero-order valence-corrected chi connectivity index (χ0v) is 27.5. The Morgan fingerprint density at radius 3 is 1.66 bits per heavy atom. The predicted octanol–water partition coefficient (Wildman–Crippen LogP) is 11.1. The summed E-state index contributed by atoms with van der Waals surface area (Å²) in [5, 5.41) is 0. The molecule has 234 valence electrons. The molecule has 2 nitrogen and oxygen atoms in total. The molecule has 2 heteroatoms. The van der Waals surface area contributed by atoms with E-state index in [0.717, 1.165) is 43.6 Å². The summed E-state index contributed by atoms with van der Waals surface area (Å²) in [6.07, 6.45) is 9.87. The molecule has 3 aliphatic carbocycles. The Hall–Kier alpha value is -4.82. The fourth-order valence-corrected chi connectivity index (χ4v) is 8.62. The minimum Gasteiger partial charge on any atom is -0.494 e. The molecule has 0 saturated heterocycles. The molecule has 0 radical (unpaired) electrons. The van der Waals surface area contributed by atoms with Gasteiger partial charge in [0, 0.05) is 10.8 Å². The third-order valence-electron chi connectivity index (χ3n) is 11.0. The molecule has 47 heavy (non-hydrogen) atoms. The molecule has 0 amide bonds. The van der Waals surface area contributed by atoms with Crippen LogP contribution >= 0.6 is 0 Å². The first-order valence-corrected chi connectivity index (χ1v) is 17.3. The first kappa shape index (κ1) is 29.6. The van der Waals surface area contributed by atoms with Gasteiger partial charge in [0.2, 0.25) is 0 Å². The monoisotopic (exact) mass is 614 g/mol. The van der Waals surface area contributed by atoms with Crippen molar-refractivity contribution in [2.45, 2.75) is 56.8 Å². The second-order valence-corrected chi connectivity index (χ2v) is 13.3. The number of rotatable bonds is 10. The van der Waals surface area contributed by atoms with E-state index in [0.29, 0.717) is 13.2 Å². The number of benzene rings is 5. The number of fused-ring (bicyclic) bond motifs is 5. The Balaban J connectivity index is 0.865. The van der Waals surface area contributed by atoms with E-state index in [1.165, 1.54) is 50.1 Å². The van der Waals surface area contributed by atoms with E-state index < -0.39 is 0 Å². The molecule has 5 aromatic rings. The minimum absolute atomic E-state index is 0.0471. The van der Waals surface area contributed by atoms with Crippen molar-refractivity contribution in [3.63, 3.8) is 0 Å². The van der Waals surface area contributed by atoms with E-state index in [1.54, 1.807) is 5.57 Å². The maximum atomic E-state index is 6.18. The van der Waals surface area contributed by atoms with Crippen LogP contribution in [0.1, 0.15) is 79.3 Å². The highest BCUT2D eigenvalue weighted by molar-refractivity contribution is 5.88. The second kappa shape index (κ2) is 12.1. The van der Waals surface area contributed by atoms with Crippen LogP contribution in [0.5, 0.6) is 11.5 Å². The summed E-state index contributed by atoms with van der Waals surface area (Å²) < 4.78 is 12.3. The normalized spacial score (nSPS) is 18.3. The quantitative estimate of drug-likeness (QED) is 0.146. The van der Waals surface area contributed by atoms with Crippen molar-refractivity contribution in [1.82, 2.24) is 0 Å². The minimum atomic E-state index is -0.173. The zero-order valence-electron chi connectivity index (χ0n) is 27.5. The molecule has 3 aliphatic rings. The highest BCUT2D eigenvalue weighted by atomic mass is 16.5. The molecule has 0 bridgehead atoms. The highest BCUT2D eigenvalue weighted by Crippen LogP contribution is 2.56. The van der Waals surface area contributed by atoms with Gasteiger partial charge in [-0.05, 0) is 119 Å². The van der Waals surface area contributed by atoms with Crippen LogP contribution in [0.2, 0.25) is 0 Å². The van der Waals surface area contributed by atoms with Gasteiger partial charge in [-0.2, -0.15) is 0 Å². The topological polar surface area (TPSA) is 18.5 Å². The predicted molar refractivity (Wildman–Crippen MR) is 193 cm³/mol. The van der Waals surface area contributed by atoms with E-state index in [1.807, 2.05) is 0 Å². The van der Waals surface area contributed by atoms with Crippen LogP contribution in [-0.2, 0) is 10.8 Å². The molecule has 1 unspecified atom stereocenters. The lowest BCUT2D eigenvalue weighted by atomic mass is 9.68. The van der Waals surface area contributed by atoms with Gasteiger partial charge in [-0.3, -0.25) is 0 Å². The summed E-state index contributed by atoms with van der Waals surface area (Å²) in [5.41, 5.74) is 13.7. The van der Waals surface area contributed by atoms with Crippen LogP contribution in [0.3, 0.4) is 0 Å². The SMILES string of the molecule is CCC1(c2ccc(OCCCCOc3ccc(C4(C)c5ccccc5-c5ccccc54)cc3)cc2)C2=C(C=CCC2)c2ccccc21. The van der Waals surface area contributed by atoms with Crippen molar-refractivity contribution in [1.29, 1.82) is 0 Å². The molecule has 0 aromatic heterocycles. The number of hydrogen-bond donors (Lipinski definition) is 0. The van der Waals surface area contributed by atoms with E-state index in [2.05, 4.69) is 147 Å². The van der Waals surface area contributed by atoms with E-state index in [-0.39, 0.29) is 10.8 Å². The van der Waals surface area contributed by atoms with Gasteiger partial charge in [0.1, 0.15) is 11.5 Å². The maximum absolute atomic E-state index is 6.18. The Morgan fingerprint density at radius 1 is 0.574 bits per heavy atom. The van der Waals surface area contributed by atoms with Gasteiger partial charge in [-0.25, -0.2) is 0 Å². The molecule has 0 saturated carbocycles. The molecule has 5 aromatic carbocycles. The zero-order chi connectivity index (χ0) is 31.8. The van der Waals surface area contributed by atoms with Gasteiger partial charge < -0.3 is 9.47 Å². The first-order chi connectivity index (χ1) is 23.1. The number of unbranched alkanes of at least 4 members (excludes halogenated alkanes) is 1. The summed E-state index contributed by atoms with van der Waals surface area (Å²) >= 11 is 0. The third kappa shape index (κ3) is 4.76. The van der Waals surface area contributed by atoms with Gasteiger partial charge in [0.15, 0.2) is 0 Å². The molecular formula is C45H42O2. The van der Waals surface area contributed by atoms with Crippen molar-refractivity contribution < 1.29 is 9.47 Å². The highest BCUT2D eigenvalue weighted by Gasteiger charge is 2.44. The molecule has 8 rings (SSSR count). The van der Waals surface area contributed by atoms with Gasteiger partial charge >= 0.3 is 0 Å². The maximum Gasteiger partial charge on any atom is 0.119 e. The average molecular weight is 615 g/mol. The molecular weight excluding hydrogens is 572 g/mol. The summed E-state index contributed by atoms with van der Waals surface area (Å²) in [4.78, 5) is 0. The molecule has 0 N–H and O–H groups in total. The van der Waals surface area contributed by atoms with Crippen molar-refractivity contribution in [3.05, 3.63) is 172 Å². The largest absolute Gasteiger partial charge is 0.494 e. The summed E-state index contributed by atoms with van der Waals surface area (Å²) in [5.74, 6) is 1.85. The van der Waals surface area contributed by atoms with Gasteiger partial charge in [-0.15, -0.1) is 0 Å². The lowest BCUT2D eigenvalue weighted by molar-refractivity contribution is 0.266. The molecule has 0 aliphatic heterocycles. The second-order valence-electron chi connectivity index (χ2n) is 13.3. The van der Waals surface area contributed by atoms with Crippen molar-refractivity contribution in [2.75, 3.05) is 13.2 Å². The standard InChI is InChI=1S/C45H42O2/c1-3-45(42-20-10-6-16-38(42)39-17-7-11-21-43(39)45)33-24-28-35(29-25-33)47-31-13-12-30-46-34-26-22-32(23-27-34)44(2)40-18-8-4-14-36(40)37-15-5-9-19-41(37)44/h4-10,14-20,22-29H,3,11-13,21,30-31H2,1-2H3. The van der Waals surface area contributed by atoms with E-state index >= 15 is 0 Å². The van der Waals surface area contributed by atoms with Gasteiger partial charge in [0.25, 0.3) is 0 Å². The lowest BCUT2D eigenvalue weighted by Crippen LogP contribution is -2.27. The molecule has 1 atom stereocenters. The van der Waals surface area contributed by atoms with Crippen LogP contribution in [0.4, 0.5) is 0 Å². The summed E-state index contributed by atoms with van der Waals surface area (Å²) in [6, 6.07) is 44.2. The van der Waals surface area contributed by atoms with Crippen molar-refractivity contribution in [3.8, 4) is 22.6 Å². The van der Waals surface area contributed by atoms with Gasteiger partial charge in [0.05, 0.1) is 13.2 Å².